The SMILES string of the molecule is CC1(C)COC(=O)CCCCCCC(=O)OC1. The third kappa shape index (κ3) is 6.29. The van der Waals surface area contributed by atoms with E-state index in [9.17, 15) is 9.59 Å². The van der Waals surface area contributed by atoms with Crippen molar-refractivity contribution in [3.8, 4) is 0 Å². The van der Waals surface area contributed by atoms with Crippen LogP contribution in [0.4, 0.5) is 0 Å². The molecule has 4 nitrogen and oxygen atoms in total. The van der Waals surface area contributed by atoms with Gasteiger partial charge in [-0.05, 0) is 12.8 Å². The van der Waals surface area contributed by atoms with Crippen molar-refractivity contribution in [2.45, 2.75) is 52.4 Å². The fourth-order valence-corrected chi connectivity index (χ4v) is 1.63. The summed E-state index contributed by atoms with van der Waals surface area (Å²) < 4.78 is 10.4. The van der Waals surface area contributed by atoms with Gasteiger partial charge in [0.25, 0.3) is 0 Å². The van der Waals surface area contributed by atoms with Crippen molar-refractivity contribution in [2.24, 2.45) is 5.41 Å². The summed E-state index contributed by atoms with van der Waals surface area (Å²) in [5.74, 6) is -0.299. The zero-order valence-corrected chi connectivity index (χ0v) is 10.8. The molecule has 0 atom stereocenters. The van der Waals surface area contributed by atoms with E-state index in [1.165, 1.54) is 0 Å². The van der Waals surface area contributed by atoms with Gasteiger partial charge in [-0.2, -0.15) is 0 Å². The van der Waals surface area contributed by atoms with Crippen molar-refractivity contribution in [1.82, 2.24) is 0 Å². The van der Waals surface area contributed by atoms with E-state index in [4.69, 9.17) is 9.47 Å². The molecule has 0 spiro atoms. The Labute approximate surface area is 103 Å². The third-order valence-electron chi connectivity index (χ3n) is 2.76. The van der Waals surface area contributed by atoms with Crippen molar-refractivity contribution >= 4 is 11.9 Å². The maximum atomic E-state index is 11.4. The lowest BCUT2D eigenvalue weighted by Gasteiger charge is -2.23. The lowest BCUT2D eigenvalue weighted by Crippen LogP contribution is -2.28. The molecule has 0 bridgehead atoms. The van der Waals surface area contributed by atoms with Gasteiger partial charge in [0, 0.05) is 18.3 Å². The highest BCUT2D eigenvalue weighted by atomic mass is 16.5. The molecule has 17 heavy (non-hydrogen) atoms. The van der Waals surface area contributed by atoms with Gasteiger partial charge in [-0.25, -0.2) is 0 Å². The standard InChI is InChI=1S/C13H22O4/c1-13(2)9-16-11(14)7-5-3-4-6-8-12(15)17-10-13/h3-10H2,1-2H3. The van der Waals surface area contributed by atoms with Crippen LogP contribution >= 0.6 is 0 Å². The Morgan fingerprint density at radius 2 is 1.24 bits per heavy atom. The summed E-state index contributed by atoms with van der Waals surface area (Å²) in [6, 6.07) is 0. The second kappa shape index (κ2) is 6.62. The van der Waals surface area contributed by atoms with Gasteiger partial charge < -0.3 is 9.47 Å². The first kappa shape index (κ1) is 14.0. The molecule has 1 aliphatic rings. The van der Waals surface area contributed by atoms with E-state index in [-0.39, 0.29) is 17.4 Å². The maximum Gasteiger partial charge on any atom is 0.305 e. The quantitative estimate of drug-likeness (QED) is 0.612. The summed E-state index contributed by atoms with van der Waals surface area (Å²) in [5, 5.41) is 0. The summed E-state index contributed by atoms with van der Waals surface area (Å²) in [7, 11) is 0. The number of ether oxygens (including phenoxy) is 2. The predicted octanol–water partition coefficient (Wildman–Crippen LogP) is 2.45. The Morgan fingerprint density at radius 1 is 0.824 bits per heavy atom. The number of hydrogen-bond donors (Lipinski definition) is 0. The fraction of sp³-hybridized carbons (Fsp3) is 0.846. The molecule has 1 fully saturated rings. The molecule has 0 amide bonds. The number of carbonyl (C=O) groups is 2. The van der Waals surface area contributed by atoms with E-state index >= 15 is 0 Å². The van der Waals surface area contributed by atoms with Crippen molar-refractivity contribution in [3.05, 3.63) is 0 Å². The van der Waals surface area contributed by atoms with Crippen molar-refractivity contribution < 1.29 is 19.1 Å². The van der Waals surface area contributed by atoms with Crippen molar-refractivity contribution in [1.29, 1.82) is 0 Å². The van der Waals surface area contributed by atoms with Crippen LogP contribution in [0.25, 0.3) is 0 Å². The minimum absolute atomic E-state index is 0.149. The largest absolute Gasteiger partial charge is 0.465 e. The summed E-state index contributed by atoms with van der Waals surface area (Å²) in [6.45, 7) is 4.46. The van der Waals surface area contributed by atoms with Crippen LogP contribution in [0.1, 0.15) is 52.4 Å². The topological polar surface area (TPSA) is 52.6 Å². The van der Waals surface area contributed by atoms with Gasteiger partial charge in [-0.1, -0.05) is 26.7 Å². The zero-order chi connectivity index (χ0) is 12.7. The number of hydrogen-bond acceptors (Lipinski definition) is 4. The van der Waals surface area contributed by atoms with E-state index < -0.39 is 0 Å². The second-order valence-electron chi connectivity index (χ2n) is 5.40. The first-order chi connectivity index (χ1) is 7.99. The minimum atomic E-state index is -0.306. The summed E-state index contributed by atoms with van der Waals surface area (Å²) in [6.07, 6.45) is 4.57. The van der Waals surface area contributed by atoms with Crippen LogP contribution in [0, 0.1) is 5.41 Å². The fourth-order valence-electron chi connectivity index (χ4n) is 1.63. The van der Waals surface area contributed by atoms with Crippen LogP contribution in [-0.4, -0.2) is 25.2 Å². The van der Waals surface area contributed by atoms with Crippen LogP contribution in [-0.2, 0) is 19.1 Å². The van der Waals surface area contributed by atoms with Crippen LogP contribution in [0.3, 0.4) is 0 Å². The van der Waals surface area contributed by atoms with Crippen LogP contribution in [0.5, 0.6) is 0 Å². The molecular weight excluding hydrogens is 220 g/mol. The Balaban J connectivity index is 2.49. The smallest absolute Gasteiger partial charge is 0.305 e. The molecule has 0 aromatic heterocycles. The van der Waals surface area contributed by atoms with E-state index in [2.05, 4.69) is 0 Å². The van der Waals surface area contributed by atoms with Gasteiger partial charge in [-0.3, -0.25) is 9.59 Å². The highest BCUT2D eigenvalue weighted by molar-refractivity contribution is 5.70. The highest BCUT2D eigenvalue weighted by Crippen LogP contribution is 2.18. The molecule has 0 radical (unpaired) electrons. The first-order valence-electron chi connectivity index (χ1n) is 6.31. The van der Waals surface area contributed by atoms with Gasteiger partial charge in [0.1, 0.15) is 0 Å². The molecule has 0 saturated carbocycles. The van der Waals surface area contributed by atoms with Crippen LogP contribution in [0.15, 0.2) is 0 Å². The Bertz CT molecular complexity index is 245. The number of esters is 2. The predicted molar refractivity (Wildman–Crippen MR) is 63.4 cm³/mol. The Kier molecular flexibility index (Phi) is 5.45. The number of carbonyl (C=O) groups excluding carboxylic acids is 2. The molecule has 1 heterocycles. The Hall–Kier alpha value is -1.06. The van der Waals surface area contributed by atoms with E-state index in [0.29, 0.717) is 26.1 Å². The molecule has 1 aliphatic heterocycles. The van der Waals surface area contributed by atoms with Gasteiger partial charge in [0.05, 0.1) is 13.2 Å². The van der Waals surface area contributed by atoms with Crippen LogP contribution < -0.4 is 0 Å². The molecule has 0 aromatic rings. The third-order valence-corrected chi connectivity index (χ3v) is 2.76. The Morgan fingerprint density at radius 3 is 1.65 bits per heavy atom. The first-order valence-corrected chi connectivity index (χ1v) is 6.31. The molecular formula is C13H22O4. The lowest BCUT2D eigenvalue weighted by molar-refractivity contribution is -0.152. The molecule has 0 aliphatic carbocycles. The summed E-state index contributed by atoms with van der Waals surface area (Å²) in [4.78, 5) is 22.8. The highest BCUT2D eigenvalue weighted by Gasteiger charge is 2.23. The van der Waals surface area contributed by atoms with Crippen LogP contribution in [0.2, 0.25) is 0 Å². The molecule has 0 N–H and O–H groups in total. The van der Waals surface area contributed by atoms with Gasteiger partial charge in [0.15, 0.2) is 0 Å². The monoisotopic (exact) mass is 242 g/mol. The van der Waals surface area contributed by atoms with Crippen molar-refractivity contribution in [3.63, 3.8) is 0 Å². The lowest BCUT2D eigenvalue weighted by atomic mass is 9.96. The van der Waals surface area contributed by atoms with E-state index in [0.717, 1.165) is 25.7 Å². The second-order valence-corrected chi connectivity index (χ2v) is 5.40. The maximum absolute atomic E-state index is 11.4. The molecule has 0 aromatic carbocycles. The molecule has 1 rings (SSSR count). The van der Waals surface area contributed by atoms with Gasteiger partial charge in [0.2, 0.25) is 0 Å². The average molecular weight is 242 g/mol. The van der Waals surface area contributed by atoms with E-state index in [1.807, 2.05) is 13.8 Å². The molecule has 0 unspecified atom stereocenters. The molecule has 1 saturated heterocycles. The van der Waals surface area contributed by atoms with Crippen molar-refractivity contribution in [2.75, 3.05) is 13.2 Å². The summed E-state index contributed by atoms with van der Waals surface area (Å²) in [5.41, 5.74) is -0.306. The van der Waals surface area contributed by atoms with Gasteiger partial charge >= 0.3 is 11.9 Å². The van der Waals surface area contributed by atoms with E-state index in [1.54, 1.807) is 0 Å². The average Bonchev–Trinajstić information content (AvgIpc) is 2.28. The molecule has 4 heteroatoms. The number of rotatable bonds is 0. The normalized spacial score (nSPS) is 23.6. The minimum Gasteiger partial charge on any atom is -0.465 e. The van der Waals surface area contributed by atoms with Gasteiger partial charge in [-0.15, -0.1) is 0 Å². The zero-order valence-electron chi connectivity index (χ0n) is 10.8. The molecule has 98 valence electrons. The number of cyclic esters (lactones) is 2. The summed E-state index contributed by atoms with van der Waals surface area (Å²) >= 11 is 0.